The number of benzene rings is 2. The van der Waals surface area contributed by atoms with Gasteiger partial charge in [-0.3, -0.25) is 19.6 Å². The summed E-state index contributed by atoms with van der Waals surface area (Å²) in [5.41, 5.74) is 4.01. The van der Waals surface area contributed by atoms with Gasteiger partial charge in [0.1, 0.15) is 0 Å². The molecule has 37 heavy (non-hydrogen) atoms. The van der Waals surface area contributed by atoms with Gasteiger partial charge >= 0.3 is 6.03 Å². The number of amides is 2. The van der Waals surface area contributed by atoms with E-state index in [1.165, 1.54) is 0 Å². The summed E-state index contributed by atoms with van der Waals surface area (Å²) in [7, 11) is 0. The van der Waals surface area contributed by atoms with E-state index >= 15 is 0 Å². The summed E-state index contributed by atoms with van der Waals surface area (Å²) in [4.78, 5) is 42.0. The Kier molecular flexibility index (Phi) is 6.56. The van der Waals surface area contributed by atoms with Gasteiger partial charge in [0, 0.05) is 39.3 Å². The van der Waals surface area contributed by atoms with Gasteiger partial charge in [-0.05, 0) is 35.4 Å². The number of H-pyrrole nitrogens is 1. The summed E-state index contributed by atoms with van der Waals surface area (Å²) in [6.45, 7) is 6.80. The van der Waals surface area contributed by atoms with E-state index in [1.807, 2.05) is 36.4 Å². The van der Waals surface area contributed by atoms with Crippen LogP contribution in [0.2, 0.25) is 0 Å². The van der Waals surface area contributed by atoms with E-state index in [-0.39, 0.29) is 11.6 Å². The lowest BCUT2D eigenvalue weighted by Crippen LogP contribution is -2.43. The summed E-state index contributed by atoms with van der Waals surface area (Å²) in [6, 6.07) is 11.4. The van der Waals surface area contributed by atoms with Crippen LogP contribution in [0.3, 0.4) is 0 Å². The molecule has 2 saturated heterocycles. The zero-order valence-corrected chi connectivity index (χ0v) is 20.5. The lowest BCUT2D eigenvalue weighted by atomic mass is 10.0. The first kappa shape index (κ1) is 23.6. The fourth-order valence-corrected chi connectivity index (χ4v) is 4.77. The Hall–Kier alpha value is -3.80. The lowest BCUT2D eigenvalue weighted by molar-refractivity contribution is 0.0362. The molecule has 2 fully saturated rings. The van der Waals surface area contributed by atoms with Gasteiger partial charge in [0.25, 0.3) is 5.56 Å². The van der Waals surface area contributed by atoms with Gasteiger partial charge in [0.05, 0.1) is 54.7 Å². The minimum atomic E-state index is -0.200. The van der Waals surface area contributed by atoms with Crippen LogP contribution in [-0.4, -0.2) is 94.5 Å². The smallest absolute Gasteiger partial charge is 0.324 e. The van der Waals surface area contributed by atoms with Crippen LogP contribution in [-0.2, 0) is 16.0 Å². The van der Waals surface area contributed by atoms with Crippen molar-refractivity contribution in [3.8, 4) is 11.1 Å². The Morgan fingerprint density at radius 2 is 1.62 bits per heavy atom. The van der Waals surface area contributed by atoms with Crippen molar-refractivity contribution < 1.29 is 14.3 Å². The van der Waals surface area contributed by atoms with Crippen LogP contribution in [0.1, 0.15) is 0 Å². The fourth-order valence-electron chi connectivity index (χ4n) is 4.77. The zero-order valence-electron chi connectivity index (χ0n) is 20.5. The van der Waals surface area contributed by atoms with Crippen LogP contribution in [0.4, 0.5) is 10.7 Å². The molecule has 6 rings (SSSR count). The molecule has 0 spiro atoms. The van der Waals surface area contributed by atoms with Crippen LogP contribution >= 0.6 is 0 Å². The summed E-state index contributed by atoms with van der Waals surface area (Å²) in [6.07, 6.45) is 1.63. The molecule has 0 aliphatic carbocycles. The molecule has 0 unspecified atom stereocenters. The van der Waals surface area contributed by atoms with Crippen LogP contribution in [0.5, 0.6) is 0 Å². The van der Waals surface area contributed by atoms with Gasteiger partial charge in [0.2, 0.25) is 5.95 Å². The molecular formula is C26H29N7O4. The van der Waals surface area contributed by atoms with Gasteiger partial charge in [-0.2, -0.15) is 0 Å². The number of nitrogens with zero attached hydrogens (tertiary/aromatic N) is 5. The average molecular weight is 504 g/mol. The molecular weight excluding hydrogens is 474 g/mol. The maximum absolute atomic E-state index is 13.2. The molecule has 192 valence electrons. The number of fused-ring (bicyclic) bond motifs is 2. The lowest BCUT2D eigenvalue weighted by Gasteiger charge is -2.26. The number of morpholine rings is 2. The number of imidazole rings is 1. The molecule has 2 amide bonds. The van der Waals surface area contributed by atoms with Gasteiger partial charge < -0.3 is 19.4 Å². The zero-order chi connectivity index (χ0) is 25.2. The third-order valence-corrected chi connectivity index (χ3v) is 6.92. The Balaban J connectivity index is 1.22. The number of aromatic amines is 1. The van der Waals surface area contributed by atoms with Crippen molar-refractivity contribution in [2.75, 3.05) is 64.5 Å². The number of ether oxygens (including phenoxy) is 2. The van der Waals surface area contributed by atoms with Crippen molar-refractivity contribution in [1.82, 2.24) is 29.3 Å². The molecule has 2 aliphatic heterocycles. The Labute approximate surface area is 213 Å². The van der Waals surface area contributed by atoms with Gasteiger partial charge in [-0.1, -0.05) is 12.1 Å². The molecule has 0 radical (unpaired) electrons. The number of hydrogen-bond donors (Lipinski definition) is 2. The molecule has 2 aliphatic rings. The molecule has 2 aromatic carbocycles. The number of rotatable bonds is 5. The molecule has 11 heteroatoms. The van der Waals surface area contributed by atoms with Gasteiger partial charge in [-0.25, -0.2) is 14.8 Å². The molecule has 11 nitrogen and oxygen atoms in total. The van der Waals surface area contributed by atoms with E-state index in [4.69, 9.17) is 9.47 Å². The van der Waals surface area contributed by atoms with Crippen LogP contribution in [0.25, 0.3) is 33.1 Å². The van der Waals surface area contributed by atoms with E-state index in [1.54, 1.807) is 15.8 Å². The minimum Gasteiger partial charge on any atom is -0.379 e. The van der Waals surface area contributed by atoms with E-state index in [0.717, 1.165) is 55.0 Å². The third-order valence-electron chi connectivity index (χ3n) is 6.92. The summed E-state index contributed by atoms with van der Waals surface area (Å²) in [5.74, 6) is 0.398. The second-order valence-electron chi connectivity index (χ2n) is 9.28. The normalized spacial score (nSPS) is 16.9. The quantitative estimate of drug-likeness (QED) is 0.428. The minimum absolute atomic E-state index is 0.0455. The van der Waals surface area contributed by atoms with E-state index in [9.17, 15) is 9.59 Å². The predicted molar refractivity (Wildman–Crippen MR) is 140 cm³/mol. The molecule has 0 bridgehead atoms. The highest BCUT2D eigenvalue weighted by atomic mass is 16.5. The average Bonchev–Trinajstić information content (AvgIpc) is 3.35. The van der Waals surface area contributed by atoms with Crippen molar-refractivity contribution in [3.05, 3.63) is 53.1 Å². The van der Waals surface area contributed by atoms with Crippen LogP contribution in [0, 0.1) is 0 Å². The number of carbonyl (C=O) groups is 1. The van der Waals surface area contributed by atoms with Crippen molar-refractivity contribution in [3.63, 3.8) is 0 Å². The van der Waals surface area contributed by atoms with Crippen molar-refractivity contribution in [1.29, 1.82) is 0 Å². The highest BCUT2D eigenvalue weighted by Gasteiger charge is 2.18. The second-order valence-corrected chi connectivity index (χ2v) is 9.28. The third kappa shape index (κ3) is 5.06. The Morgan fingerprint density at radius 3 is 2.41 bits per heavy atom. The maximum atomic E-state index is 13.2. The monoisotopic (exact) mass is 503 g/mol. The largest absolute Gasteiger partial charge is 0.379 e. The Morgan fingerprint density at radius 1 is 0.919 bits per heavy atom. The SMILES string of the molecule is O=C(Nc1nc2ccc(-c3ccc4ncn(CCN5CCOCC5)c(=O)c4c3)cc2[nH]1)N1CCOCC1. The molecule has 0 atom stereocenters. The Bertz CT molecular complexity index is 1490. The number of urea groups is 1. The number of anilines is 1. The molecule has 2 aromatic heterocycles. The summed E-state index contributed by atoms with van der Waals surface area (Å²) in [5, 5.41) is 3.42. The van der Waals surface area contributed by atoms with Gasteiger partial charge in [0.15, 0.2) is 0 Å². The molecule has 2 N–H and O–H groups in total. The summed E-state index contributed by atoms with van der Waals surface area (Å²) >= 11 is 0. The predicted octanol–water partition coefficient (Wildman–Crippen LogP) is 2.14. The first-order valence-corrected chi connectivity index (χ1v) is 12.6. The fraction of sp³-hybridized carbons (Fsp3) is 0.385. The highest BCUT2D eigenvalue weighted by Crippen LogP contribution is 2.26. The first-order valence-electron chi connectivity index (χ1n) is 12.6. The van der Waals surface area contributed by atoms with Crippen molar-refractivity contribution >= 4 is 33.9 Å². The highest BCUT2D eigenvalue weighted by molar-refractivity contribution is 5.91. The molecule has 4 aromatic rings. The number of aromatic nitrogens is 4. The summed E-state index contributed by atoms with van der Waals surface area (Å²) < 4.78 is 12.4. The standard InChI is InChI=1S/C26H29N7O4/c34-24-20-15-18(1-3-21(20)27-17-33(24)6-5-31-7-11-36-12-8-31)19-2-4-22-23(16-19)29-25(28-22)30-26(35)32-9-13-37-14-10-32/h1-4,15-17H,5-14H2,(H2,28,29,30,35). The number of nitrogens with one attached hydrogen (secondary N) is 2. The number of carbonyl (C=O) groups excluding carboxylic acids is 1. The first-order chi connectivity index (χ1) is 18.1. The topological polar surface area (TPSA) is 118 Å². The van der Waals surface area contributed by atoms with E-state index in [2.05, 4.69) is 25.2 Å². The van der Waals surface area contributed by atoms with Crippen molar-refractivity contribution in [2.24, 2.45) is 0 Å². The second kappa shape index (κ2) is 10.3. The molecule has 0 saturated carbocycles. The van der Waals surface area contributed by atoms with E-state index < -0.39 is 0 Å². The van der Waals surface area contributed by atoms with Crippen LogP contribution < -0.4 is 10.9 Å². The molecule has 4 heterocycles. The van der Waals surface area contributed by atoms with Crippen LogP contribution in [0.15, 0.2) is 47.5 Å². The van der Waals surface area contributed by atoms with Crippen molar-refractivity contribution in [2.45, 2.75) is 6.54 Å². The van der Waals surface area contributed by atoms with E-state index in [0.29, 0.717) is 49.7 Å². The number of hydrogen-bond acceptors (Lipinski definition) is 7. The van der Waals surface area contributed by atoms with Gasteiger partial charge in [-0.15, -0.1) is 0 Å². The maximum Gasteiger partial charge on any atom is 0.324 e.